The number of nitro groups is 1. The molecule has 1 aromatic rings. The third-order valence-corrected chi connectivity index (χ3v) is 5.87. The van der Waals surface area contributed by atoms with Gasteiger partial charge in [-0.3, -0.25) is 14.9 Å². The summed E-state index contributed by atoms with van der Waals surface area (Å²) < 4.78 is 0. The Kier molecular flexibility index (Phi) is 6.41. The van der Waals surface area contributed by atoms with Gasteiger partial charge in [0.05, 0.1) is 4.92 Å². The van der Waals surface area contributed by atoms with Crippen LogP contribution in [0.4, 0.5) is 16.2 Å². The SMILES string of the molecule is CC1CN(C(=O)O)CCN1C(=O)C1CCC(Nc2cc(Cl)ncc2[N+](=O)[O-])CC1. The van der Waals surface area contributed by atoms with Crippen LogP contribution in [-0.2, 0) is 4.79 Å². The van der Waals surface area contributed by atoms with Crippen molar-refractivity contribution in [1.82, 2.24) is 14.8 Å². The van der Waals surface area contributed by atoms with E-state index < -0.39 is 11.0 Å². The minimum Gasteiger partial charge on any atom is -0.465 e. The number of aromatic nitrogens is 1. The van der Waals surface area contributed by atoms with Gasteiger partial charge in [-0.2, -0.15) is 0 Å². The van der Waals surface area contributed by atoms with E-state index in [1.807, 2.05) is 6.92 Å². The van der Waals surface area contributed by atoms with Gasteiger partial charge in [-0.15, -0.1) is 0 Å². The topological polar surface area (TPSA) is 129 Å². The quantitative estimate of drug-likeness (QED) is 0.431. The van der Waals surface area contributed by atoms with Gasteiger partial charge < -0.3 is 20.2 Å². The van der Waals surface area contributed by atoms with E-state index in [0.29, 0.717) is 51.0 Å². The number of nitrogens with one attached hydrogen (secondary N) is 1. The number of carboxylic acid groups (broad SMARTS) is 1. The summed E-state index contributed by atoms with van der Waals surface area (Å²) in [6, 6.07) is 1.31. The normalized spacial score (nSPS) is 24.8. The highest BCUT2D eigenvalue weighted by Gasteiger charge is 2.35. The first-order valence-electron chi connectivity index (χ1n) is 9.61. The lowest BCUT2D eigenvalue weighted by Gasteiger charge is -2.41. The Bertz CT molecular complexity index is 799. The Morgan fingerprint density at radius 2 is 2.00 bits per heavy atom. The molecule has 1 aromatic heterocycles. The lowest BCUT2D eigenvalue weighted by atomic mass is 9.84. The highest BCUT2D eigenvalue weighted by Crippen LogP contribution is 2.32. The van der Waals surface area contributed by atoms with E-state index >= 15 is 0 Å². The van der Waals surface area contributed by atoms with E-state index in [1.165, 1.54) is 11.0 Å². The molecule has 2 heterocycles. The molecule has 0 spiro atoms. The van der Waals surface area contributed by atoms with E-state index in [4.69, 9.17) is 16.7 Å². The maximum Gasteiger partial charge on any atom is 0.407 e. The van der Waals surface area contributed by atoms with Crippen molar-refractivity contribution >= 4 is 35.0 Å². The molecule has 1 saturated heterocycles. The van der Waals surface area contributed by atoms with Gasteiger partial charge in [-0.05, 0) is 32.6 Å². The van der Waals surface area contributed by atoms with Crippen LogP contribution < -0.4 is 5.32 Å². The fraction of sp³-hybridized carbons (Fsp3) is 0.611. The summed E-state index contributed by atoms with van der Waals surface area (Å²) in [6.45, 7) is 2.93. The average molecular weight is 426 g/mol. The van der Waals surface area contributed by atoms with Crippen LogP contribution in [0.5, 0.6) is 0 Å². The van der Waals surface area contributed by atoms with Crippen LogP contribution in [0.15, 0.2) is 12.3 Å². The van der Waals surface area contributed by atoms with Gasteiger partial charge in [0.15, 0.2) is 0 Å². The molecule has 2 N–H and O–H groups in total. The van der Waals surface area contributed by atoms with Crippen LogP contribution in [-0.4, -0.2) is 68.5 Å². The first-order valence-corrected chi connectivity index (χ1v) is 9.99. The molecule has 10 nitrogen and oxygen atoms in total. The Morgan fingerprint density at radius 1 is 1.31 bits per heavy atom. The molecule has 1 unspecified atom stereocenters. The molecular formula is C18H24ClN5O5. The van der Waals surface area contributed by atoms with Crippen LogP contribution in [0, 0.1) is 16.0 Å². The maximum absolute atomic E-state index is 12.9. The summed E-state index contributed by atoms with van der Waals surface area (Å²) in [6.07, 6.45) is 2.94. The molecular weight excluding hydrogens is 402 g/mol. The molecule has 2 amide bonds. The lowest BCUT2D eigenvalue weighted by Crippen LogP contribution is -2.56. The zero-order valence-corrected chi connectivity index (χ0v) is 16.8. The summed E-state index contributed by atoms with van der Waals surface area (Å²) >= 11 is 5.87. The van der Waals surface area contributed by atoms with Crippen LogP contribution in [0.2, 0.25) is 5.15 Å². The Labute approximate surface area is 173 Å². The third-order valence-electron chi connectivity index (χ3n) is 5.66. The largest absolute Gasteiger partial charge is 0.465 e. The molecule has 11 heteroatoms. The fourth-order valence-electron chi connectivity index (χ4n) is 4.08. The lowest BCUT2D eigenvalue weighted by molar-refractivity contribution is -0.384. The number of rotatable bonds is 4. The number of nitrogens with zero attached hydrogens (tertiary/aromatic N) is 4. The number of anilines is 1. The molecule has 1 saturated carbocycles. The smallest absolute Gasteiger partial charge is 0.407 e. The van der Waals surface area contributed by atoms with Crippen molar-refractivity contribution in [2.24, 2.45) is 5.92 Å². The van der Waals surface area contributed by atoms with E-state index in [2.05, 4.69) is 10.3 Å². The highest BCUT2D eigenvalue weighted by atomic mass is 35.5. The summed E-state index contributed by atoms with van der Waals surface area (Å²) in [7, 11) is 0. The predicted molar refractivity (Wildman–Crippen MR) is 106 cm³/mol. The van der Waals surface area contributed by atoms with Crippen LogP contribution >= 0.6 is 11.6 Å². The van der Waals surface area contributed by atoms with E-state index in [-0.39, 0.29) is 34.7 Å². The highest BCUT2D eigenvalue weighted by molar-refractivity contribution is 6.29. The van der Waals surface area contributed by atoms with Gasteiger partial charge in [-0.1, -0.05) is 11.6 Å². The number of hydrogen-bond acceptors (Lipinski definition) is 6. The second-order valence-electron chi connectivity index (χ2n) is 7.58. The van der Waals surface area contributed by atoms with Gasteiger partial charge in [0.2, 0.25) is 5.91 Å². The summed E-state index contributed by atoms with van der Waals surface area (Å²) in [5.74, 6) is -0.0400. The molecule has 29 heavy (non-hydrogen) atoms. The molecule has 3 rings (SSSR count). The monoisotopic (exact) mass is 425 g/mol. The number of hydrogen-bond donors (Lipinski definition) is 2. The third kappa shape index (κ3) is 4.87. The summed E-state index contributed by atoms with van der Waals surface area (Å²) in [5, 5.41) is 23.6. The van der Waals surface area contributed by atoms with Crippen molar-refractivity contribution in [3.63, 3.8) is 0 Å². The molecule has 1 aliphatic heterocycles. The van der Waals surface area contributed by atoms with E-state index in [9.17, 15) is 19.7 Å². The van der Waals surface area contributed by atoms with Gasteiger partial charge in [-0.25, -0.2) is 9.78 Å². The molecule has 158 valence electrons. The average Bonchev–Trinajstić information content (AvgIpc) is 2.67. The molecule has 2 fully saturated rings. The molecule has 0 bridgehead atoms. The number of carbonyl (C=O) groups excluding carboxylic acids is 1. The van der Waals surface area contributed by atoms with Crippen LogP contribution in [0.25, 0.3) is 0 Å². The fourth-order valence-corrected chi connectivity index (χ4v) is 4.24. The van der Waals surface area contributed by atoms with Crippen molar-refractivity contribution in [3.05, 3.63) is 27.5 Å². The Morgan fingerprint density at radius 3 is 2.59 bits per heavy atom. The van der Waals surface area contributed by atoms with E-state index in [1.54, 1.807) is 4.90 Å². The standard InChI is InChI=1S/C18H24ClN5O5/c1-11-10-22(18(26)27)6-7-23(11)17(25)12-2-4-13(5-3-12)21-14-8-16(19)20-9-15(14)24(28)29/h8-9,11-13H,2-7,10H2,1H3,(H,20,21)(H,26,27). The van der Waals surface area contributed by atoms with E-state index in [0.717, 1.165) is 6.20 Å². The molecule has 1 aliphatic carbocycles. The second-order valence-corrected chi connectivity index (χ2v) is 7.97. The van der Waals surface area contributed by atoms with Gasteiger partial charge in [0.25, 0.3) is 0 Å². The molecule has 1 atom stereocenters. The molecule has 2 aliphatic rings. The number of piperazine rings is 1. The number of pyridine rings is 1. The number of carbonyl (C=O) groups is 2. The zero-order chi connectivity index (χ0) is 21.1. The first-order chi connectivity index (χ1) is 13.8. The van der Waals surface area contributed by atoms with Gasteiger partial charge >= 0.3 is 11.8 Å². The van der Waals surface area contributed by atoms with Crippen molar-refractivity contribution in [1.29, 1.82) is 0 Å². The number of halogens is 1. The summed E-state index contributed by atoms with van der Waals surface area (Å²) in [5.41, 5.74) is 0.209. The van der Waals surface area contributed by atoms with Crippen LogP contribution in [0.1, 0.15) is 32.6 Å². The van der Waals surface area contributed by atoms with Crippen molar-refractivity contribution in [2.75, 3.05) is 25.0 Å². The molecule has 0 radical (unpaired) electrons. The second kappa shape index (κ2) is 8.81. The van der Waals surface area contributed by atoms with Gasteiger partial charge in [0.1, 0.15) is 17.0 Å². The Balaban J connectivity index is 1.56. The Hall–Kier alpha value is -2.62. The molecule has 0 aromatic carbocycles. The minimum absolute atomic E-state index is 0.0116. The van der Waals surface area contributed by atoms with Crippen molar-refractivity contribution in [2.45, 2.75) is 44.7 Å². The minimum atomic E-state index is -0.958. The zero-order valence-electron chi connectivity index (χ0n) is 16.1. The first kappa shape index (κ1) is 21.1. The number of amides is 2. The summed E-state index contributed by atoms with van der Waals surface area (Å²) in [4.78, 5) is 41.6. The maximum atomic E-state index is 12.9. The predicted octanol–water partition coefficient (Wildman–Crippen LogP) is 2.82. The van der Waals surface area contributed by atoms with Crippen LogP contribution in [0.3, 0.4) is 0 Å². The van der Waals surface area contributed by atoms with Crippen molar-refractivity contribution in [3.8, 4) is 0 Å². The van der Waals surface area contributed by atoms with Gasteiger partial charge in [0, 0.05) is 43.7 Å². The van der Waals surface area contributed by atoms with Crippen molar-refractivity contribution < 1.29 is 19.6 Å².